The van der Waals surface area contributed by atoms with Crippen LogP contribution in [0.5, 0.6) is 0 Å². The van der Waals surface area contributed by atoms with Crippen molar-refractivity contribution in [1.29, 1.82) is 0 Å². The number of nitrogens with one attached hydrogen (secondary N) is 3. The number of hydrogen-bond acceptors (Lipinski definition) is 5. The van der Waals surface area contributed by atoms with Crippen LogP contribution in [0, 0.1) is 12.8 Å². The number of H-pyrrole nitrogens is 1. The summed E-state index contributed by atoms with van der Waals surface area (Å²) in [5, 5.41) is 13.3. The molecular formula is C13H20N6O. The maximum Gasteiger partial charge on any atom is 0.349 e. The van der Waals surface area contributed by atoms with Crippen LogP contribution in [-0.2, 0) is 0 Å². The first-order valence-corrected chi connectivity index (χ1v) is 7.07. The quantitative estimate of drug-likeness (QED) is 0.761. The van der Waals surface area contributed by atoms with Gasteiger partial charge in [-0.3, -0.25) is 0 Å². The van der Waals surface area contributed by atoms with Gasteiger partial charge in [-0.2, -0.15) is 5.10 Å². The fraction of sp³-hybridized carbons (Fsp3) is 0.615. The Morgan fingerprint density at radius 3 is 3.15 bits per heavy atom. The van der Waals surface area contributed by atoms with E-state index in [9.17, 15) is 4.79 Å². The van der Waals surface area contributed by atoms with E-state index in [-0.39, 0.29) is 5.69 Å². The summed E-state index contributed by atoms with van der Waals surface area (Å²) in [5.74, 6) is 2.01. The SMILES string of the molecule is Cc1nc(NC(C)C2CCCNC2)cc2n[nH]c(=O)n12. The van der Waals surface area contributed by atoms with Crippen LogP contribution in [0.3, 0.4) is 0 Å². The molecule has 2 unspecified atom stereocenters. The number of rotatable bonds is 3. The minimum Gasteiger partial charge on any atom is -0.367 e. The second kappa shape index (κ2) is 5.24. The van der Waals surface area contributed by atoms with Crippen LogP contribution in [-0.4, -0.2) is 38.7 Å². The molecule has 0 aromatic carbocycles. The smallest absolute Gasteiger partial charge is 0.349 e. The van der Waals surface area contributed by atoms with Gasteiger partial charge < -0.3 is 10.6 Å². The number of nitrogens with zero attached hydrogens (tertiary/aromatic N) is 3. The predicted molar refractivity (Wildman–Crippen MR) is 77.0 cm³/mol. The third-order valence-electron chi connectivity index (χ3n) is 3.99. The highest BCUT2D eigenvalue weighted by Crippen LogP contribution is 2.18. The van der Waals surface area contributed by atoms with Gasteiger partial charge in [0.2, 0.25) is 0 Å². The van der Waals surface area contributed by atoms with Gasteiger partial charge in [0, 0.05) is 12.1 Å². The Morgan fingerprint density at radius 1 is 1.55 bits per heavy atom. The highest BCUT2D eigenvalue weighted by atomic mass is 16.1. The molecule has 1 saturated heterocycles. The topological polar surface area (TPSA) is 87.1 Å². The van der Waals surface area contributed by atoms with Crippen LogP contribution >= 0.6 is 0 Å². The van der Waals surface area contributed by atoms with Gasteiger partial charge in [0.25, 0.3) is 0 Å². The van der Waals surface area contributed by atoms with Gasteiger partial charge in [-0.15, -0.1) is 0 Å². The van der Waals surface area contributed by atoms with Crippen molar-refractivity contribution in [1.82, 2.24) is 24.9 Å². The standard InChI is InChI=1S/C13H20N6O/c1-8(10-4-3-5-14-7-10)15-11-6-12-17-18-13(20)19(12)9(2)16-11/h6,8,10,14-15H,3-5,7H2,1-2H3,(H,18,20). The van der Waals surface area contributed by atoms with E-state index < -0.39 is 0 Å². The molecule has 7 nitrogen and oxygen atoms in total. The molecule has 7 heteroatoms. The van der Waals surface area contributed by atoms with Gasteiger partial charge in [0.05, 0.1) is 0 Å². The lowest BCUT2D eigenvalue weighted by atomic mass is 9.93. The number of hydrogen-bond donors (Lipinski definition) is 3. The molecule has 1 fully saturated rings. The van der Waals surface area contributed by atoms with Gasteiger partial charge in [0.15, 0.2) is 5.65 Å². The van der Waals surface area contributed by atoms with Gasteiger partial charge in [0.1, 0.15) is 11.6 Å². The average Bonchev–Trinajstić information content (AvgIpc) is 2.81. The Labute approximate surface area is 116 Å². The highest BCUT2D eigenvalue weighted by molar-refractivity contribution is 5.50. The number of anilines is 1. The van der Waals surface area contributed by atoms with E-state index in [4.69, 9.17) is 0 Å². The van der Waals surface area contributed by atoms with Gasteiger partial charge in [-0.05, 0) is 45.7 Å². The highest BCUT2D eigenvalue weighted by Gasteiger charge is 2.20. The Bertz CT molecular complexity index is 654. The Hall–Kier alpha value is -1.89. The third kappa shape index (κ3) is 2.40. The molecule has 108 valence electrons. The fourth-order valence-electron chi connectivity index (χ4n) is 2.83. The lowest BCUT2D eigenvalue weighted by Crippen LogP contribution is -2.39. The molecule has 0 bridgehead atoms. The first-order valence-electron chi connectivity index (χ1n) is 7.07. The number of aromatic nitrogens is 4. The van der Waals surface area contributed by atoms with E-state index in [1.54, 1.807) is 6.07 Å². The molecule has 20 heavy (non-hydrogen) atoms. The zero-order chi connectivity index (χ0) is 14.1. The zero-order valence-electron chi connectivity index (χ0n) is 11.8. The maximum absolute atomic E-state index is 11.6. The first kappa shape index (κ1) is 13.1. The normalized spacial score (nSPS) is 21.0. The number of fused-ring (bicyclic) bond motifs is 1. The average molecular weight is 276 g/mol. The molecule has 0 amide bonds. The van der Waals surface area contributed by atoms with Crippen LogP contribution in [0.15, 0.2) is 10.9 Å². The lowest BCUT2D eigenvalue weighted by Gasteiger charge is -2.29. The molecule has 2 atom stereocenters. The van der Waals surface area contributed by atoms with Crippen molar-refractivity contribution in [3.63, 3.8) is 0 Å². The Kier molecular flexibility index (Phi) is 3.43. The van der Waals surface area contributed by atoms with E-state index in [1.165, 1.54) is 17.2 Å². The third-order valence-corrected chi connectivity index (χ3v) is 3.99. The second-order valence-corrected chi connectivity index (χ2v) is 5.45. The van der Waals surface area contributed by atoms with Crippen LogP contribution < -0.4 is 16.3 Å². The van der Waals surface area contributed by atoms with E-state index in [2.05, 4.69) is 32.7 Å². The molecule has 0 saturated carbocycles. The van der Waals surface area contributed by atoms with Crippen molar-refractivity contribution in [2.45, 2.75) is 32.7 Å². The maximum atomic E-state index is 11.6. The van der Waals surface area contributed by atoms with Crippen LogP contribution in [0.4, 0.5) is 5.82 Å². The molecular weight excluding hydrogens is 256 g/mol. The minimum absolute atomic E-state index is 0.249. The van der Waals surface area contributed by atoms with E-state index in [1.807, 2.05) is 6.92 Å². The van der Waals surface area contributed by atoms with Crippen molar-refractivity contribution in [2.75, 3.05) is 18.4 Å². The van der Waals surface area contributed by atoms with Crippen molar-refractivity contribution < 1.29 is 0 Å². The van der Waals surface area contributed by atoms with Crippen molar-refractivity contribution in [3.8, 4) is 0 Å². The van der Waals surface area contributed by atoms with Gasteiger partial charge in [-0.1, -0.05) is 0 Å². The molecule has 0 radical (unpaired) electrons. The first-order chi connectivity index (χ1) is 9.65. The number of piperidine rings is 1. The summed E-state index contributed by atoms with van der Waals surface area (Å²) >= 11 is 0. The summed E-state index contributed by atoms with van der Waals surface area (Å²) in [4.78, 5) is 16.0. The van der Waals surface area contributed by atoms with Crippen molar-refractivity contribution in [3.05, 3.63) is 22.4 Å². The fourth-order valence-corrected chi connectivity index (χ4v) is 2.83. The zero-order valence-corrected chi connectivity index (χ0v) is 11.8. The summed E-state index contributed by atoms with van der Waals surface area (Å²) in [5.41, 5.74) is 0.347. The van der Waals surface area contributed by atoms with Crippen molar-refractivity contribution >= 4 is 11.5 Å². The summed E-state index contributed by atoms with van der Waals surface area (Å²) in [6, 6.07) is 2.14. The summed E-state index contributed by atoms with van der Waals surface area (Å²) in [7, 11) is 0. The molecule has 1 aliphatic rings. The molecule has 2 aromatic heterocycles. The number of aromatic amines is 1. The van der Waals surface area contributed by atoms with Gasteiger partial charge in [-0.25, -0.2) is 19.3 Å². The summed E-state index contributed by atoms with van der Waals surface area (Å²) in [6.07, 6.45) is 2.45. The second-order valence-electron chi connectivity index (χ2n) is 5.45. The monoisotopic (exact) mass is 276 g/mol. The predicted octanol–water partition coefficient (Wildman–Crippen LogP) is 0.526. The minimum atomic E-state index is -0.249. The largest absolute Gasteiger partial charge is 0.367 e. The Balaban J connectivity index is 1.81. The van der Waals surface area contributed by atoms with E-state index in [0.29, 0.717) is 23.4 Å². The van der Waals surface area contributed by atoms with Crippen LogP contribution in [0.25, 0.3) is 5.65 Å². The molecule has 2 aromatic rings. The molecule has 0 spiro atoms. The Morgan fingerprint density at radius 2 is 2.40 bits per heavy atom. The summed E-state index contributed by atoms with van der Waals surface area (Å²) < 4.78 is 1.47. The lowest BCUT2D eigenvalue weighted by molar-refractivity contribution is 0.346. The number of aryl methyl sites for hydroxylation is 1. The summed E-state index contributed by atoms with van der Waals surface area (Å²) in [6.45, 7) is 6.14. The van der Waals surface area contributed by atoms with Crippen molar-refractivity contribution in [2.24, 2.45) is 5.92 Å². The molecule has 3 heterocycles. The van der Waals surface area contributed by atoms with Crippen LogP contribution in [0.1, 0.15) is 25.6 Å². The van der Waals surface area contributed by atoms with Crippen LogP contribution in [0.2, 0.25) is 0 Å². The van der Waals surface area contributed by atoms with E-state index in [0.717, 1.165) is 18.9 Å². The molecule has 3 N–H and O–H groups in total. The molecule has 0 aliphatic carbocycles. The molecule has 3 rings (SSSR count). The van der Waals surface area contributed by atoms with Gasteiger partial charge >= 0.3 is 5.69 Å². The van der Waals surface area contributed by atoms with E-state index >= 15 is 0 Å². The molecule has 1 aliphatic heterocycles.